The van der Waals surface area contributed by atoms with Gasteiger partial charge in [0.1, 0.15) is 11.6 Å². The Morgan fingerprint density at radius 3 is 2.72 bits per heavy atom. The third-order valence-corrected chi connectivity index (χ3v) is 5.39. The van der Waals surface area contributed by atoms with Gasteiger partial charge < -0.3 is 9.73 Å². The number of nitrogens with one attached hydrogen (secondary N) is 1. The van der Waals surface area contributed by atoms with Crippen LogP contribution in [0, 0.1) is 13.8 Å². The van der Waals surface area contributed by atoms with Gasteiger partial charge in [-0.2, -0.15) is 5.10 Å². The second kappa shape index (κ2) is 7.72. The molecule has 0 aliphatic carbocycles. The highest BCUT2D eigenvalue weighted by molar-refractivity contribution is 6.31. The van der Waals surface area contributed by atoms with Crippen molar-refractivity contribution in [3.05, 3.63) is 82.0 Å². The smallest absolute Gasteiger partial charge is 0.251 e. The van der Waals surface area contributed by atoms with Crippen molar-refractivity contribution in [3.8, 4) is 0 Å². The zero-order valence-corrected chi connectivity index (χ0v) is 17.2. The molecule has 29 heavy (non-hydrogen) atoms. The van der Waals surface area contributed by atoms with Crippen LogP contribution in [0.3, 0.4) is 0 Å². The van der Waals surface area contributed by atoms with E-state index in [0.29, 0.717) is 28.6 Å². The Morgan fingerprint density at radius 1 is 1.21 bits per heavy atom. The summed E-state index contributed by atoms with van der Waals surface area (Å²) in [7, 11) is 0. The summed E-state index contributed by atoms with van der Waals surface area (Å²) in [5.41, 5.74) is 4.71. The lowest BCUT2D eigenvalue weighted by Gasteiger charge is -2.11. The number of benzene rings is 2. The Bertz CT molecular complexity index is 1160. The van der Waals surface area contributed by atoms with E-state index in [1.54, 1.807) is 6.07 Å². The average Bonchev–Trinajstić information content (AvgIpc) is 3.25. The third kappa shape index (κ3) is 3.89. The van der Waals surface area contributed by atoms with Gasteiger partial charge in [-0.3, -0.25) is 9.48 Å². The molecule has 0 radical (unpaired) electrons. The molecular weight excluding hydrogens is 388 g/mol. The van der Waals surface area contributed by atoms with Gasteiger partial charge in [-0.25, -0.2) is 4.98 Å². The quantitative estimate of drug-likeness (QED) is 0.513. The number of aryl methyl sites for hydroxylation is 1. The van der Waals surface area contributed by atoms with Crippen LogP contribution in [0.1, 0.15) is 46.2 Å². The molecular formula is C22H21ClN4O2. The van der Waals surface area contributed by atoms with Crippen molar-refractivity contribution in [3.63, 3.8) is 0 Å². The van der Waals surface area contributed by atoms with Crippen LogP contribution in [0.5, 0.6) is 0 Å². The van der Waals surface area contributed by atoms with Crippen LogP contribution >= 0.6 is 11.6 Å². The van der Waals surface area contributed by atoms with Gasteiger partial charge >= 0.3 is 0 Å². The summed E-state index contributed by atoms with van der Waals surface area (Å²) in [6.07, 6.45) is 0. The van der Waals surface area contributed by atoms with E-state index in [1.807, 2.05) is 67.9 Å². The second-order valence-corrected chi connectivity index (χ2v) is 7.44. The molecule has 4 aromatic rings. The van der Waals surface area contributed by atoms with Gasteiger partial charge in [0.25, 0.3) is 5.91 Å². The first-order valence-electron chi connectivity index (χ1n) is 9.37. The first kappa shape index (κ1) is 19.2. The molecule has 1 N–H and O–H groups in total. The molecule has 1 amide bonds. The standard InChI is InChI=1S/C22H21ClN4O2/c1-13-20(23)15(3)27(26-13)12-16-7-6-8-17(11-16)21(28)24-14(2)22-25-18-9-4-5-10-19(18)29-22/h4-11,14H,12H2,1-3H3,(H,24,28). The van der Waals surface area contributed by atoms with Crippen LogP contribution in [0.2, 0.25) is 5.02 Å². The summed E-state index contributed by atoms with van der Waals surface area (Å²) in [4.78, 5) is 17.2. The average molecular weight is 409 g/mol. The minimum Gasteiger partial charge on any atom is -0.438 e. The number of oxazole rings is 1. The number of amides is 1. The number of para-hydroxylation sites is 2. The van der Waals surface area contributed by atoms with E-state index < -0.39 is 0 Å². The number of hydrogen-bond acceptors (Lipinski definition) is 4. The predicted molar refractivity (Wildman–Crippen MR) is 112 cm³/mol. The van der Waals surface area contributed by atoms with Crippen molar-refractivity contribution < 1.29 is 9.21 Å². The van der Waals surface area contributed by atoms with Crippen LogP contribution in [-0.4, -0.2) is 20.7 Å². The number of carbonyl (C=O) groups excluding carboxylic acids is 1. The SMILES string of the molecule is Cc1nn(Cc2cccc(C(=O)NC(C)c3nc4ccccc4o3)c2)c(C)c1Cl. The number of nitrogens with zero attached hydrogens (tertiary/aromatic N) is 3. The monoisotopic (exact) mass is 408 g/mol. The molecule has 6 nitrogen and oxygen atoms in total. The number of halogens is 1. The van der Waals surface area contributed by atoms with Gasteiger partial charge in [-0.05, 0) is 50.6 Å². The maximum Gasteiger partial charge on any atom is 0.251 e. The van der Waals surface area contributed by atoms with Crippen molar-refractivity contribution in [2.75, 3.05) is 0 Å². The van der Waals surface area contributed by atoms with Crippen LogP contribution in [0.4, 0.5) is 0 Å². The van der Waals surface area contributed by atoms with E-state index in [2.05, 4.69) is 15.4 Å². The number of hydrogen-bond donors (Lipinski definition) is 1. The first-order chi connectivity index (χ1) is 13.9. The van der Waals surface area contributed by atoms with E-state index in [4.69, 9.17) is 16.0 Å². The zero-order chi connectivity index (χ0) is 20.5. The van der Waals surface area contributed by atoms with Gasteiger partial charge in [0, 0.05) is 5.56 Å². The van der Waals surface area contributed by atoms with E-state index in [9.17, 15) is 4.79 Å². The summed E-state index contributed by atoms with van der Waals surface area (Å²) in [5, 5.41) is 8.07. The zero-order valence-electron chi connectivity index (χ0n) is 16.4. The van der Waals surface area contributed by atoms with Gasteiger partial charge in [-0.1, -0.05) is 35.9 Å². The number of aromatic nitrogens is 3. The molecule has 0 fully saturated rings. The van der Waals surface area contributed by atoms with Crippen molar-refractivity contribution >= 4 is 28.6 Å². The molecule has 0 saturated carbocycles. The number of fused-ring (bicyclic) bond motifs is 1. The summed E-state index contributed by atoms with van der Waals surface area (Å²) in [6, 6.07) is 14.6. The fraction of sp³-hybridized carbons (Fsp3) is 0.227. The van der Waals surface area contributed by atoms with Crippen molar-refractivity contribution in [1.82, 2.24) is 20.1 Å². The molecule has 1 unspecified atom stereocenters. The fourth-order valence-electron chi connectivity index (χ4n) is 3.23. The van der Waals surface area contributed by atoms with Crippen molar-refractivity contribution in [2.24, 2.45) is 0 Å². The van der Waals surface area contributed by atoms with Crippen molar-refractivity contribution in [2.45, 2.75) is 33.4 Å². The number of rotatable bonds is 5. The lowest BCUT2D eigenvalue weighted by atomic mass is 10.1. The summed E-state index contributed by atoms with van der Waals surface area (Å²) < 4.78 is 7.59. The topological polar surface area (TPSA) is 73.0 Å². The highest BCUT2D eigenvalue weighted by Crippen LogP contribution is 2.21. The van der Waals surface area contributed by atoms with E-state index >= 15 is 0 Å². The Kier molecular flexibility index (Phi) is 5.11. The van der Waals surface area contributed by atoms with E-state index in [-0.39, 0.29) is 11.9 Å². The fourth-order valence-corrected chi connectivity index (χ4v) is 3.37. The molecule has 0 spiro atoms. The van der Waals surface area contributed by atoms with Gasteiger partial charge in [-0.15, -0.1) is 0 Å². The minimum atomic E-state index is -0.353. The maximum absolute atomic E-state index is 12.7. The second-order valence-electron chi connectivity index (χ2n) is 7.06. The number of carbonyl (C=O) groups is 1. The Balaban J connectivity index is 1.50. The van der Waals surface area contributed by atoms with E-state index in [0.717, 1.165) is 22.5 Å². The Labute approximate surface area is 173 Å². The maximum atomic E-state index is 12.7. The molecule has 0 aliphatic rings. The molecule has 7 heteroatoms. The highest BCUT2D eigenvalue weighted by atomic mass is 35.5. The summed E-state index contributed by atoms with van der Waals surface area (Å²) in [5.74, 6) is 0.293. The highest BCUT2D eigenvalue weighted by Gasteiger charge is 2.17. The molecule has 2 heterocycles. The molecule has 4 rings (SSSR count). The molecule has 0 aliphatic heterocycles. The van der Waals surface area contributed by atoms with Crippen LogP contribution in [0.25, 0.3) is 11.1 Å². The van der Waals surface area contributed by atoms with Gasteiger partial charge in [0.15, 0.2) is 5.58 Å². The molecule has 2 aromatic carbocycles. The molecule has 1 atom stereocenters. The molecule has 0 bridgehead atoms. The molecule has 0 saturated heterocycles. The Hall–Kier alpha value is -3.12. The largest absolute Gasteiger partial charge is 0.438 e. The van der Waals surface area contributed by atoms with Crippen molar-refractivity contribution in [1.29, 1.82) is 0 Å². The lowest BCUT2D eigenvalue weighted by molar-refractivity contribution is 0.0934. The predicted octanol–water partition coefficient (Wildman–Crippen LogP) is 4.83. The summed E-state index contributed by atoms with van der Waals surface area (Å²) >= 11 is 6.23. The first-order valence-corrected chi connectivity index (χ1v) is 9.75. The molecule has 2 aromatic heterocycles. The van der Waals surface area contributed by atoms with Crippen LogP contribution in [-0.2, 0) is 6.54 Å². The normalized spacial score (nSPS) is 12.3. The van der Waals surface area contributed by atoms with Gasteiger partial charge in [0.2, 0.25) is 5.89 Å². The Morgan fingerprint density at radius 2 is 2.00 bits per heavy atom. The van der Waals surface area contributed by atoms with Crippen LogP contribution < -0.4 is 5.32 Å². The van der Waals surface area contributed by atoms with Gasteiger partial charge in [0.05, 0.1) is 23.0 Å². The van der Waals surface area contributed by atoms with Crippen LogP contribution in [0.15, 0.2) is 52.9 Å². The lowest BCUT2D eigenvalue weighted by Crippen LogP contribution is -2.27. The van der Waals surface area contributed by atoms with E-state index in [1.165, 1.54) is 0 Å². The molecule has 148 valence electrons. The minimum absolute atomic E-state index is 0.187. The third-order valence-electron chi connectivity index (χ3n) is 4.84. The summed E-state index contributed by atoms with van der Waals surface area (Å²) in [6.45, 7) is 6.20.